The third kappa shape index (κ3) is 2.76. The highest BCUT2D eigenvalue weighted by Crippen LogP contribution is 2.11. The largest absolute Gasteiger partial charge is 0.294 e. The summed E-state index contributed by atoms with van der Waals surface area (Å²) in [5.41, 5.74) is 2.42. The van der Waals surface area contributed by atoms with E-state index in [2.05, 4.69) is 10.1 Å². The molecule has 0 bridgehead atoms. The normalized spacial score (nSPS) is 10.6. The van der Waals surface area contributed by atoms with Crippen LogP contribution >= 0.6 is 11.6 Å². The van der Waals surface area contributed by atoms with Gasteiger partial charge in [0.05, 0.1) is 12.1 Å². The van der Waals surface area contributed by atoms with Gasteiger partial charge in [-0.3, -0.25) is 9.48 Å². The predicted molar refractivity (Wildman–Crippen MR) is 69.9 cm³/mol. The molecule has 0 N–H and O–H groups in total. The zero-order valence-electron chi connectivity index (χ0n) is 10.4. The minimum atomic E-state index is 0.0220. The number of ketones is 1. The number of pyridine rings is 1. The van der Waals surface area contributed by atoms with Crippen LogP contribution in [0.1, 0.15) is 28.7 Å². The number of rotatable bonds is 4. The summed E-state index contributed by atoms with van der Waals surface area (Å²) in [5, 5.41) is 4.71. The Labute approximate surface area is 111 Å². The van der Waals surface area contributed by atoms with E-state index in [1.165, 1.54) is 6.20 Å². The van der Waals surface area contributed by atoms with Gasteiger partial charge < -0.3 is 0 Å². The highest BCUT2D eigenvalue weighted by Gasteiger charge is 2.11. The van der Waals surface area contributed by atoms with Crippen molar-refractivity contribution in [3.63, 3.8) is 0 Å². The van der Waals surface area contributed by atoms with Crippen LogP contribution in [0.2, 0.25) is 5.15 Å². The maximum atomic E-state index is 12.1. The molecule has 0 aliphatic rings. The molecule has 4 nitrogen and oxygen atoms in total. The van der Waals surface area contributed by atoms with Gasteiger partial charge in [0, 0.05) is 24.0 Å². The van der Waals surface area contributed by atoms with Crippen molar-refractivity contribution in [3.8, 4) is 0 Å². The summed E-state index contributed by atoms with van der Waals surface area (Å²) >= 11 is 5.69. The molecule has 0 spiro atoms. The van der Waals surface area contributed by atoms with Crippen LogP contribution in [-0.4, -0.2) is 20.5 Å². The lowest BCUT2D eigenvalue weighted by atomic mass is 10.1. The van der Waals surface area contributed by atoms with E-state index >= 15 is 0 Å². The van der Waals surface area contributed by atoms with E-state index < -0.39 is 0 Å². The smallest absolute Gasteiger partial charge is 0.170 e. The zero-order valence-corrected chi connectivity index (χ0v) is 11.1. The van der Waals surface area contributed by atoms with Gasteiger partial charge in [-0.05, 0) is 32.0 Å². The standard InChI is InChI=1S/C13H14ClN3O/c1-3-17-11(6-9(2)16-17)7-12(18)10-4-5-13(14)15-8-10/h4-6,8H,3,7H2,1-2H3. The van der Waals surface area contributed by atoms with Crippen LogP contribution in [0.3, 0.4) is 0 Å². The maximum Gasteiger partial charge on any atom is 0.170 e. The van der Waals surface area contributed by atoms with Crippen LogP contribution < -0.4 is 0 Å². The number of carbonyl (C=O) groups excluding carboxylic acids is 1. The van der Waals surface area contributed by atoms with Gasteiger partial charge in [-0.25, -0.2) is 4.98 Å². The molecule has 0 saturated heterocycles. The first-order chi connectivity index (χ1) is 8.60. The van der Waals surface area contributed by atoms with E-state index in [0.29, 0.717) is 17.1 Å². The molecule has 0 saturated carbocycles. The van der Waals surface area contributed by atoms with E-state index in [1.54, 1.807) is 12.1 Å². The molecular weight excluding hydrogens is 250 g/mol. The number of carbonyl (C=O) groups is 1. The van der Waals surface area contributed by atoms with Crippen LogP contribution in [0.25, 0.3) is 0 Å². The van der Waals surface area contributed by atoms with E-state index in [0.717, 1.165) is 17.9 Å². The van der Waals surface area contributed by atoms with Crippen molar-refractivity contribution in [1.29, 1.82) is 0 Å². The molecule has 2 aromatic rings. The number of halogens is 1. The summed E-state index contributed by atoms with van der Waals surface area (Å²) < 4.78 is 1.84. The number of aryl methyl sites for hydroxylation is 2. The van der Waals surface area contributed by atoms with Crippen molar-refractivity contribution in [3.05, 3.63) is 46.5 Å². The third-order valence-electron chi connectivity index (χ3n) is 2.68. The summed E-state index contributed by atoms with van der Waals surface area (Å²) in [6, 6.07) is 5.25. The first-order valence-electron chi connectivity index (χ1n) is 5.78. The number of nitrogens with zero attached hydrogens (tertiary/aromatic N) is 3. The SMILES string of the molecule is CCn1nc(C)cc1CC(=O)c1ccc(Cl)nc1. The first kappa shape index (κ1) is 12.8. The fourth-order valence-electron chi connectivity index (χ4n) is 1.82. The van der Waals surface area contributed by atoms with Gasteiger partial charge in [0.25, 0.3) is 0 Å². The van der Waals surface area contributed by atoms with E-state index in [9.17, 15) is 4.79 Å². The second kappa shape index (κ2) is 5.31. The lowest BCUT2D eigenvalue weighted by Gasteiger charge is -2.04. The second-order valence-electron chi connectivity index (χ2n) is 4.06. The van der Waals surface area contributed by atoms with Crippen molar-refractivity contribution in [2.75, 3.05) is 0 Å². The molecule has 0 aliphatic carbocycles. The fourth-order valence-corrected chi connectivity index (χ4v) is 1.93. The number of aromatic nitrogens is 3. The van der Waals surface area contributed by atoms with Gasteiger partial charge in [-0.2, -0.15) is 5.10 Å². The van der Waals surface area contributed by atoms with Gasteiger partial charge in [-0.1, -0.05) is 11.6 Å². The first-order valence-corrected chi connectivity index (χ1v) is 6.16. The molecule has 2 aromatic heterocycles. The van der Waals surface area contributed by atoms with Crippen molar-refractivity contribution < 1.29 is 4.79 Å². The van der Waals surface area contributed by atoms with Gasteiger partial charge in [-0.15, -0.1) is 0 Å². The Morgan fingerprint density at radius 1 is 1.44 bits per heavy atom. The van der Waals surface area contributed by atoms with Crippen molar-refractivity contribution >= 4 is 17.4 Å². The molecule has 18 heavy (non-hydrogen) atoms. The van der Waals surface area contributed by atoms with E-state index in [4.69, 9.17) is 11.6 Å². The Morgan fingerprint density at radius 2 is 2.22 bits per heavy atom. The van der Waals surface area contributed by atoms with Crippen molar-refractivity contribution in [1.82, 2.24) is 14.8 Å². The molecule has 0 atom stereocenters. The summed E-state index contributed by atoms with van der Waals surface area (Å²) in [7, 11) is 0. The highest BCUT2D eigenvalue weighted by molar-refractivity contribution is 6.29. The fraction of sp³-hybridized carbons (Fsp3) is 0.308. The Hall–Kier alpha value is -1.68. The van der Waals surface area contributed by atoms with Gasteiger partial charge in [0.1, 0.15) is 5.15 Å². The Bertz CT molecular complexity index is 560. The summed E-state index contributed by atoms with van der Waals surface area (Å²) in [6.07, 6.45) is 1.84. The molecule has 0 unspecified atom stereocenters. The van der Waals surface area contributed by atoms with E-state index in [-0.39, 0.29) is 5.78 Å². The minimum Gasteiger partial charge on any atom is -0.294 e. The molecule has 2 rings (SSSR count). The minimum absolute atomic E-state index is 0.0220. The Balaban J connectivity index is 2.18. The van der Waals surface area contributed by atoms with Gasteiger partial charge in [0.2, 0.25) is 0 Å². The summed E-state index contributed by atoms with van der Waals surface area (Å²) in [5.74, 6) is 0.0220. The van der Waals surface area contributed by atoms with Crippen molar-refractivity contribution in [2.24, 2.45) is 0 Å². The molecule has 94 valence electrons. The summed E-state index contributed by atoms with van der Waals surface area (Å²) in [4.78, 5) is 16.0. The molecule has 2 heterocycles. The molecule has 0 amide bonds. The number of hydrogen-bond acceptors (Lipinski definition) is 3. The van der Waals surface area contributed by atoms with Crippen LogP contribution in [0.5, 0.6) is 0 Å². The average molecular weight is 264 g/mol. The van der Waals surface area contributed by atoms with Gasteiger partial charge in [0.15, 0.2) is 5.78 Å². The molecule has 0 radical (unpaired) electrons. The third-order valence-corrected chi connectivity index (χ3v) is 2.90. The molecule has 5 heteroatoms. The topological polar surface area (TPSA) is 47.8 Å². The van der Waals surface area contributed by atoms with Gasteiger partial charge >= 0.3 is 0 Å². The molecule has 0 aromatic carbocycles. The van der Waals surface area contributed by atoms with Crippen LogP contribution in [0.15, 0.2) is 24.4 Å². The number of Topliss-reactive ketones (excluding diaryl/α,β-unsaturated/α-hetero) is 1. The van der Waals surface area contributed by atoms with E-state index in [1.807, 2.05) is 24.6 Å². The predicted octanol–water partition coefficient (Wildman–Crippen LogP) is 2.69. The van der Waals surface area contributed by atoms with Crippen LogP contribution in [0.4, 0.5) is 0 Å². The molecule has 0 fully saturated rings. The monoisotopic (exact) mass is 263 g/mol. The second-order valence-corrected chi connectivity index (χ2v) is 4.45. The van der Waals surface area contributed by atoms with Crippen LogP contribution in [0, 0.1) is 6.92 Å². The van der Waals surface area contributed by atoms with Crippen LogP contribution in [-0.2, 0) is 13.0 Å². The Morgan fingerprint density at radius 3 is 2.83 bits per heavy atom. The average Bonchev–Trinajstić information content (AvgIpc) is 2.70. The maximum absolute atomic E-state index is 12.1. The lowest BCUT2D eigenvalue weighted by Crippen LogP contribution is -2.09. The Kier molecular flexibility index (Phi) is 3.77. The molecule has 0 aliphatic heterocycles. The molecular formula is C13H14ClN3O. The quantitative estimate of drug-likeness (QED) is 0.629. The summed E-state index contributed by atoms with van der Waals surface area (Å²) in [6.45, 7) is 4.68. The number of hydrogen-bond donors (Lipinski definition) is 0. The lowest BCUT2D eigenvalue weighted by molar-refractivity contribution is 0.0990. The van der Waals surface area contributed by atoms with Crippen molar-refractivity contribution in [2.45, 2.75) is 26.8 Å². The zero-order chi connectivity index (χ0) is 13.1. The highest BCUT2D eigenvalue weighted by atomic mass is 35.5.